The van der Waals surface area contributed by atoms with Gasteiger partial charge in [-0.05, 0) is 75.4 Å². The number of aromatic nitrogens is 2. The zero-order chi connectivity index (χ0) is 24.2. The minimum Gasteiger partial charge on any atom is -0.352 e. The van der Waals surface area contributed by atoms with Crippen molar-refractivity contribution in [1.29, 1.82) is 0 Å². The van der Waals surface area contributed by atoms with Crippen LogP contribution in [0.5, 0.6) is 0 Å². The molecule has 2 aromatic carbocycles. The van der Waals surface area contributed by atoms with E-state index in [4.69, 9.17) is 5.10 Å². The van der Waals surface area contributed by atoms with Gasteiger partial charge in [0.2, 0.25) is 0 Å². The van der Waals surface area contributed by atoms with Crippen LogP contribution in [0.4, 0.5) is 0 Å². The Kier molecular flexibility index (Phi) is 8.83. The van der Waals surface area contributed by atoms with Gasteiger partial charge in [0.15, 0.2) is 0 Å². The molecule has 0 radical (unpaired) electrons. The van der Waals surface area contributed by atoms with Crippen LogP contribution in [-0.2, 0) is 13.0 Å². The zero-order valence-electron chi connectivity index (χ0n) is 21.4. The summed E-state index contributed by atoms with van der Waals surface area (Å²) >= 11 is 0. The second-order valence-electron chi connectivity index (χ2n) is 10.1. The van der Waals surface area contributed by atoms with E-state index in [0.29, 0.717) is 12.5 Å². The molecular formula is C29H38ClN5O. The topological polar surface area (TPSA) is 62.2 Å². The maximum absolute atomic E-state index is 13.3. The second-order valence-corrected chi connectivity index (χ2v) is 10.1. The molecule has 192 valence electrons. The summed E-state index contributed by atoms with van der Waals surface area (Å²) in [5.41, 5.74) is 8.17. The molecule has 2 aliphatic heterocycles. The normalized spacial score (nSPS) is 16.3. The fourth-order valence-electron chi connectivity index (χ4n) is 5.60. The van der Waals surface area contributed by atoms with Gasteiger partial charge in [-0.3, -0.25) is 9.69 Å². The summed E-state index contributed by atoms with van der Waals surface area (Å²) in [6.45, 7) is 9.95. The number of aryl methyl sites for hydroxylation is 2. The van der Waals surface area contributed by atoms with Crippen LogP contribution >= 0.6 is 12.4 Å². The Morgan fingerprint density at radius 1 is 1.11 bits per heavy atom. The van der Waals surface area contributed by atoms with Crippen LogP contribution in [-0.4, -0.2) is 53.3 Å². The molecular weight excluding hydrogens is 470 g/mol. The largest absolute Gasteiger partial charge is 0.352 e. The molecule has 3 heterocycles. The van der Waals surface area contributed by atoms with Gasteiger partial charge in [-0.2, -0.15) is 5.10 Å². The number of carbonyl (C=O) groups is 1. The monoisotopic (exact) mass is 507 g/mol. The summed E-state index contributed by atoms with van der Waals surface area (Å²) in [7, 11) is 0. The van der Waals surface area contributed by atoms with Crippen LogP contribution in [0.3, 0.4) is 0 Å². The molecule has 0 atom stereocenters. The number of rotatable bonds is 7. The van der Waals surface area contributed by atoms with Gasteiger partial charge >= 0.3 is 0 Å². The molecule has 1 fully saturated rings. The molecule has 2 N–H and O–H groups in total. The first-order chi connectivity index (χ1) is 17.1. The average molecular weight is 508 g/mol. The van der Waals surface area contributed by atoms with E-state index in [-0.39, 0.29) is 18.3 Å². The Hall–Kier alpha value is -2.67. The number of amides is 1. The quantitative estimate of drug-likeness (QED) is 0.460. The molecule has 36 heavy (non-hydrogen) atoms. The molecule has 6 nitrogen and oxygen atoms in total. The van der Waals surface area contributed by atoms with E-state index in [1.165, 1.54) is 22.3 Å². The van der Waals surface area contributed by atoms with E-state index >= 15 is 0 Å². The number of hydrogen-bond donors (Lipinski definition) is 2. The van der Waals surface area contributed by atoms with Crippen molar-refractivity contribution in [2.24, 2.45) is 0 Å². The average Bonchev–Trinajstić information content (AvgIpc) is 3.32. The van der Waals surface area contributed by atoms with Gasteiger partial charge in [0.1, 0.15) is 0 Å². The Morgan fingerprint density at radius 3 is 2.67 bits per heavy atom. The van der Waals surface area contributed by atoms with Gasteiger partial charge in [-0.25, -0.2) is 4.68 Å². The minimum atomic E-state index is -0.00135. The first-order valence-electron chi connectivity index (χ1n) is 13.0. The molecule has 1 saturated heterocycles. The Bertz CT molecular complexity index is 1180. The number of nitrogens with zero attached hydrogens (tertiary/aromatic N) is 3. The summed E-state index contributed by atoms with van der Waals surface area (Å²) in [5, 5.41) is 11.4. The molecule has 5 rings (SSSR count). The van der Waals surface area contributed by atoms with Gasteiger partial charge in [-0.1, -0.05) is 42.0 Å². The van der Waals surface area contributed by atoms with Crippen molar-refractivity contribution in [1.82, 2.24) is 25.3 Å². The second kappa shape index (κ2) is 12.0. The van der Waals surface area contributed by atoms with Gasteiger partial charge in [0.25, 0.3) is 5.91 Å². The van der Waals surface area contributed by atoms with E-state index in [9.17, 15) is 4.79 Å². The van der Waals surface area contributed by atoms with E-state index in [1.54, 1.807) is 6.20 Å². The van der Waals surface area contributed by atoms with Crippen molar-refractivity contribution in [2.75, 3.05) is 32.7 Å². The van der Waals surface area contributed by atoms with Gasteiger partial charge in [0.05, 0.1) is 23.1 Å². The highest BCUT2D eigenvalue weighted by molar-refractivity contribution is 5.95. The molecule has 0 aliphatic carbocycles. The predicted octanol–water partition coefficient (Wildman–Crippen LogP) is 4.56. The van der Waals surface area contributed by atoms with Crippen molar-refractivity contribution in [3.8, 4) is 5.69 Å². The molecule has 0 unspecified atom stereocenters. The maximum Gasteiger partial charge on any atom is 0.254 e. The summed E-state index contributed by atoms with van der Waals surface area (Å²) in [6.07, 6.45) is 5.87. The number of halogens is 1. The first-order valence-corrected chi connectivity index (χ1v) is 13.0. The van der Waals surface area contributed by atoms with E-state index < -0.39 is 0 Å². The number of nitrogens with one attached hydrogen (secondary N) is 2. The smallest absolute Gasteiger partial charge is 0.254 e. The third-order valence-electron chi connectivity index (χ3n) is 7.50. The Labute approximate surface area is 220 Å². The molecule has 0 saturated carbocycles. The zero-order valence-corrected chi connectivity index (χ0v) is 22.2. The van der Waals surface area contributed by atoms with Crippen LogP contribution in [0.2, 0.25) is 0 Å². The molecule has 0 spiro atoms. The van der Waals surface area contributed by atoms with Crippen molar-refractivity contribution in [3.05, 3.63) is 82.2 Å². The van der Waals surface area contributed by atoms with Crippen LogP contribution in [0, 0.1) is 13.8 Å². The van der Waals surface area contributed by atoms with Crippen molar-refractivity contribution in [3.63, 3.8) is 0 Å². The number of piperidine rings is 1. The van der Waals surface area contributed by atoms with Crippen molar-refractivity contribution < 1.29 is 4.79 Å². The molecule has 1 aromatic heterocycles. The lowest BCUT2D eigenvalue weighted by Crippen LogP contribution is -2.34. The number of hydrogen-bond acceptors (Lipinski definition) is 4. The Morgan fingerprint density at radius 2 is 1.89 bits per heavy atom. The van der Waals surface area contributed by atoms with Gasteiger partial charge in [0, 0.05) is 32.1 Å². The third kappa shape index (κ3) is 5.83. The van der Waals surface area contributed by atoms with Crippen molar-refractivity contribution in [2.45, 2.75) is 52.0 Å². The standard InChI is InChI=1S/C29H37N5O.ClH/c1-21-8-9-27(22(2)18-21)34-28(24-10-14-30-15-11-24)26(19-32-34)29(35)31-13-5-16-33-17-12-23-6-3-4-7-25(23)20-33;/h3-4,6-9,18-19,24,30H,5,10-17,20H2,1-2H3,(H,31,35);1H. The van der Waals surface area contributed by atoms with Crippen molar-refractivity contribution >= 4 is 18.3 Å². The summed E-state index contributed by atoms with van der Waals surface area (Å²) in [4.78, 5) is 15.8. The maximum atomic E-state index is 13.3. The molecule has 1 amide bonds. The number of carbonyl (C=O) groups excluding carboxylic acids is 1. The summed E-state index contributed by atoms with van der Waals surface area (Å²) in [5.74, 6) is 0.326. The van der Waals surface area contributed by atoms with Crippen LogP contribution in [0.15, 0.2) is 48.7 Å². The Balaban J connectivity index is 0.00000304. The van der Waals surface area contributed by atoms with Crippen LogP contribution in [0.1, 0.15) is 63.5 Å². The lowest BCUT2D eigenvalue weighted by Gasteiger charge is -2.28. The highest BCUT2D eigenvalue weighted by atomic mass is 35.5. The summed E-state index contributed by atoms with van der Waals surface area (Å²) in [6, 6.07) is 15.2. The fourth-order valence-corrected chi connectivity index (χ4v) is 5.60. The van der Waals surface area contributed by atoms with Gasteiger partial charge < -0.3 is 10.6 Å². The van der Waals surface area contributed by atoms with E-state index in [0.717, 1.165) is 75.4 Å². The summed E-state index contributed by atoms with van der Waals surface area (Å²) < 4.78 is 2.02. The molecule has 7 heteroatoms. The van der Waals surface area contributed by atoms with E-state index in [2.05, 4.69) is 71.8 Å². The highest BCUT2D eigenvalue weighted by Crippen LogP contribution is 2.31. The number of fused-ring (bicyclic) bond motifs is 1. The highest BCUT2D eigenvalue weighted by Gasteiger charge is 2.27. The lowest BCUT2D eigenvalue weighted by molar-refractivity contribution is 0.0949. The molecule has 0 bridgehead atoms. The van der Waals surface area contributed by atoms with Gasteiger partial charge in [-0.15, -0.1) is 12.4 Å². The fraction of sp³-hybridized carbons (Fsp3) is 0.448. The third-order valence-corrected chi connectivity index (χ3v) is 7.50. The van der Waals surface area contributed by atoms with E-state index in [1.807, 2.05) is 4.68 Å². The minimum absolute atomic E-state index is 0. The van der Waals surface area contributed by atoms with Crippen LogP contribution in [0.25, 0.3) is 5.69 Å². The van der Waals surface area contributed by atoms with Crippen LogP contribution < -0.4 is 10.6 Å². The lowest BCUT2D eigenvalue weighted by atomic mass is 9.91. The SMILES string of the molecule is Cc1ccc(-n2ncc(C(=O)NCCCN3CCc4ccccc4C3)c2C2CCNCC2)c(C)c1.Cl. The predicted molar refractivity (Wildman–Crippen MR) is 148 cm³/mol. The molecule has 2 aliphatic rings. The first kappa shape index (κ1) is 26.4. The number of benzene rings is 2. The molecule has 3 aromatic rings.